The van der Waals surface area contributed by atoms with Crippen LogP contribution in [0.25, 0.3) is 0 Å². The van der Waals surface area contributed by atoms with Gasteiger partial charge >= 0.3 is 0 Å². The summed E-state index contributed by atoms with van der Waals surface area (Å²) in [6.07, 6.45) is 7.82. The van der Waals surface area contributed by atoms with E-state index in [0.29, 0.717) is 0 Å². The van der Waals surface area contributed by atoms with Gasteiger partial charge in [-0.3, -0.25) is 5.01 Å². The van der Waals surface area contributed by atoms with Gasteiger partial charge in [0.15, 0.2) is 0 Å². The fourth-order valence-corrected chi connectivity index (χ4v) is 1.11. The van der Waals surface area contributed by atoms with Crippen LogP contribution in [0.2, 0.25) is 0 Å². The Morgan fingerprint density at radius 3 is 2.38 bits per heavy atom. The van der Waals surface area contributed by atoms with Crippen molar-refractivity contribution in [1.82, 2.24) is 5.43 Å². The molecule has 0 bridgehead atoms. The number of hydrogen-bond donors (Lipinski definition) is 1. The molecule has 1 aromatic rings. The summed E-state index contributed by atoms with van der Waals surface area (Å²) in [7, 11) is 0. The summed E-state index contributed by atoms with van der Waals surface area (Å²) in [6, 6.07) is 10.1. The summed E-state index contributed by atoms with van der Waals surface area (Å²) in [4.78, 5) is 0. The molecule has 0 aromatic heterocycles. The average Bonchev–Trinajstić information content (AvgIpc) is 2.21. The van der Waals surface area contributed by atoms with Crippen LogP contribution < -0.4 is 10.4 Å². The van der Waals surface area contributed by atoms with Crippen molar-refractivity contribution >= 4 is 18.1 Å². The normalized spacial score (nSPS) is 13.4. The predicted octanol–water partition coefficient (Wildman–Crippen LogP) is 2.46. The molecule has 0 atom stereocenters. The molecule has 0 unspecified atom stereocenters. The lowest BCUT2D eigenvalue weighted by Crippen LogP contribution is -2.29. The number of halogens is 1. The van der Waals surface area contributed by atoms with E-state index in [1.54, 1.807) is 0 Å². The van der Waals surface area contributed by atoms with Crippen LogP contribution in [0.5, 0.6) is 0 Å². The first kappa shape index (κ1) is 9.68. The molecule has 0 radical (unpaired) electrons. The summed E-state index contributed by atoms with van der Waals surface area (Å²) < 4.78 is 0. The monoisotopic (exact) mass is 194 g/mol. The summed E-state index contributed by atoms with van der Waals surface area (Å²) in [5, 5.41) is 1.96. The number of hydrogen-bond acceptors (Lipinski definition) is 2. The van der Waals surface area contributed by atoms with Crippen molar-refractivity contribution in [3.05, 3.63) is 54.9 Å². The van der Waals surface area contributed by atoms with Gasteiger partial charge < -0.3 is 5.43 Å². The second-order valence-electron chi connectivity index (χ2n) is 2.54. The second-order valence-corrected chi connectivity index (χ2v) is 2.54. The van der Waals surface area contributed by atoms with Crippen LogP contribution in [0.3, 0.4) is 0 Å². The van der Waals surface area contributed by atoms with Crippen molar-refractivity contribution in [2.45, 2.75) is 0 Å². The minimum Gasteiger partial charge on any atom is -0.302 e. The molecule has 2 rings (SSSR count). The van der Waals surface area contributed by atoms with Gasteiger partial charge in [-0.15, -0.1) is 12.4 Å². The van der Waals surface area contributed by atoms with E-state index in [2.05, 4.69) is 17.6 Å². The highest BCUT2D eigenvalue weighted by Crippen LogP contribution is 2.12. The lowest BCUT2D eigenvalue weighted by atomic mass is 10.3. The maximum Gasteiger partial charge on any atom is 0.0623 e. The molecular weight excluding hydrogens is 184 g/mol. The van der Waals surface area contributed by atoms with E-state index >= 15 is 0 Å². The smallest absolute Gasteiger partial charge is 0.0623 e. The van der Waals surface area contributed by atoms with Gasteiger partial charge in [0.1, 0.15) is 0 Å². The summed E-state index contributed by atoms with van der Waals surface area (Å²) in [6.45, 7) is 0. The molecule has 0 aliphatic carbocycles. The highest BCUT2D eigenvalue weighted by Gasteiger charge is 1.99. The number of benzene rings is 1. The Hall–Kier alpha value is -1.41. The molecule has 1 aromatic carbocycles. The molecule has 68 valence electrons. The number of anilines is 1. The van der Waals surface area contributed by atoms with Gasteiger partial charge in [-0.2, -0.15) is 0 Å². The Balaban J connectivity index is 0.000000845. The van der Waals surface area contributed by atoms with Crippen LogP contribution in [0, 0.1) is 0 Å². The maximum atomic E-state index is 3.10. The van der Waals surface area contributed by atoms with Crippen molar-refractivity contribution in [3.8, 4) is 0 Å². The molecule has 1 aliphatic heterocycles. The molecule has 0 amide bonds. The van der Waals surface area contributed by atoms with Gasteiger partial charge in [-0.1, -0.05) is 18.2 Å². The molecule has 2 nitrogen and oxygen atoms in total. The van der Waals surface area contributed by atoms with Crippen LogP contribution in [0.1, 0.15) is 0 Å². The summed E-state index contributed by atoms with van der Waals surface area (Å²) in [5.41, 5.74) is 4.24. The molecule has 0 saturated heterocycles. The number of para-hydroxylation sites is 1. The molecule has 3 heteroatoms. The van der Waals surface area contributed by atoms with Gasteiger partial charge in [0.25, 0.3) is 0 Å². The highest BCUT2D eigenvalue weighted by atomic mass is 35.5. The summed E-state index contributed by atoms with van der Waals surface area (Å²) >= 11 is 0. The highest BCUT2D eigenvalue weighted by molar-refractivity contribution is 5.85. The van der Waals surface area contributed by atoms with Crippen LogP contribution in [-0.4, -0.2) is 0 Å². The van der Waals surface area contributed by atoms with E-state index in [9.17, 15) is 0 Å². The largest absolute Gasteiger partial charge is 0.302 e. The lowest BCUT2D eigenvalue weighted by molar-refractivity contribution is 0.868. The van der Waals surface area contributed by atoms with E-state index in [-0.39, 0.29) is 12.4 Å². The molecule has 0 fully saturated rings. The number of hydrazine groups is 1. The zero-order valence-corrected chi connectivity index (χ0v) is 7.87. The number of nitrogens with one attached hydrogen (secondary N) is 1. The topological polar surface area (TPSA) is 15.3 Å². The average molecular weight is 195 g/mol. The van der Waals surface area contributed by atoms with Crippen LogP contribution in [0.15, 0.2) is 54.9 Å². The molecule has 13 heavy (non-hydrogen) atoms. The third kappa shape index (κ3) is 2.26. The van der Waals surface area contributed by atoms with E-state index in [1.807, 2.05) is 47.8 Å². The Labute approximate surface area is 83.9 Å². The van der Waals surface area contributed by atoms with E-state index < -0.39 is 0 Å². The van der Waals surface area contributed by atoms with E-state index in [4.69, 9.17) is 0 Å². The first-order valence-electron chi connectivity index (χ1n) is 3.90. The first-order valence-corrected chi connectivity index (χ1v) is 3.90. The van der Waals surface area contributed by atoms with Crippen molar-refractivity contribution in [3.63, 3.8) is 0 Å². The van der Waals surface area contributed by atoms with Gasteiger partial charge in [0.05, 0.1) is 5.69 Å². The zero-order valence-electron chi connectivity index (χ0n) is 7.05. The maximum absolute atomic E-state index is 3.10. The van der Waals surface area contributed by atoms with E-state index in [0.717, 1.165) is 5.69 Å². The minimum absolute atomic E-state index is 0. The molecular formula is C10H11ClN2. The number of allylic oxidation sites excluding steroid dienone is 2. The predicted molar refractivity (Wildman–Crippen MR) is 57.6 cm³/mol. The zero-order chi connectivity index (χ0) is 8.23. The molecule has 1 heterocycles. The fraction of sp³-hybridized carbons (Fsp3) is 0. The van der Waals surface area contributed by atoms with Gasteiger partial charge in [0.2, 0.25) is 0 Å². The minimum atomic E-state index is 0. The fourth-order valence-electron chi connectivity index (χ4n) is 1.11. The van der Waals surface area contributed by atoms with Crippen molar-refractivity contribution in [2.24, 2.45) is 0 Å². The molecule has 1 N–H and O–H groups in total. The Morgan fingerprint density at radius 1 is 1.00 bits per heavy atom. The van der Waals surface area contributed by atoms with E-state index in [1.165, 1.54) is 0 Å². The first-order chi connectivity index (χ1) is 5.97. The van der Waals surface area contributed by atoms with Crippen molar-refractivity contribution < 1.29 is 0 Å². The summed E-state index contributed by atoms with van der Waals surface area (Å²) in [5.74, 6) is 0. The Bertz CT molecular complexity index is 306. The molecule has 0 saturated carbocycles. The van der Waals surface area contributed by atoms with Crippen LogP contribution in [0.4, 0.5) is 5.69 Å². The molecule has 0 spiro atoms. The third-order valence-corrected chi connectivity index (χ3v) is 1.69. The van der Waals surface area contributed by atoms with Gasteiger partial charge in [0, 0.05) is 12.4 Å². The van der Waals surface area contributed by atoms with Crippen LogP contribution >= 0.6 is 12.4 Å². The quantitative estimate of drug-likeness (QED) is 0.739. The second kappa shape index (κ2) is 4.58. The van der Waals surface area contributed by atoms with Gasteiger partial charge in [-0.25, -0.2) is 0 Å². The van der Waals surface area contributed by atoms with Gasteiger partial charge in [-0.05, 0) is 24.3 Å². The third-order valence-electron chi connectivity index (χ3n) is 1.69. The van der Waals surface area contributed by atoms with Crippen molar-refractivity contribution in [1.29, 1.82) is 0 Å². The van der Waals surface area contributed by atoms with Crippen molar-refractivity contribution in [2.75, 3.05) is 5.01 Å². The van der Waals surface area contributed by atoms with Crippen LogP contribution in [-0.2, 0) is 0 Å². The standard InChI is InChI=1S/C10H10N2.ClH/c1-2-6-10(7-3-1)12-9-5-4-8-11-12;/h1-9,11H;1H. The Kier molecular flexibility index (Phi) is 3.41. The number of rotatable bonds is 1. The SMILES string of the molecule is C1=CNN(c2ccccc2)C=C1.Cl. The number of nitrogens with zero attached hydrogens (tertiary/aromatic N) is 1. The Morgan fingerprint density at radius 2 is 1.77 bits per heavy atom. The lowest BCUT2D eigenvalue weighted by Gasteiger charge is -2.21. The molecule has 1 aliphatic rings.